The van der Waals surface area contributed by atoms with Gasteiger partial charge in [-0.3, -0.25) is 14.5 Å². The Morgan fingerprint density at radius 2 is 1.90 bits per heavy atom. The Morgan fingerprint density at radius 1 is 1.13 bits per heavy atom. The van der Waals surface area contributed by atoms with E-state index in [1.807, 2.05) is 0 Å². The average Bonchev–Trinajstić information content (AvgIpc) is 3.02. The number of benzene rings is 2. The zero-order chi connectivity index (χ0) is 21.9. The predicted molar refractivity (Wildman–Crippen MR) is 118 cm³/mol. The van der Waals surface area contributed by atoms with Gasteiger partial charge in [0.05, 0.1) is 16.3 Å². The van der Waals surface area contributed by atoms with Crippen LogP contribution in [-0.4, -0.2) is 11.7 Å². The van der Waals surface area contributed by atoms with Crippen molar-refractivity contribution in [1.82, 2.24) is 0 Å². The molecule has 0 unspecified atom stereocenters. The standard InChI is InChI=1S/C23H16Cl2N4O2/c24-12-8-9-17(15(25)10-12)29-18-6-3-7-19(30)20(18)23(14(11-26)21(29)27)13-4-1-2-5-16(13)28-22(23)31/h1-2,4-5,8-10H,3,6-7,27H2,(H,28,31)/t23-/m1/s1. The summed E-state index contributed by atoms with van der Waals surface area (Å²) in [5, 5.41) is 13.8. The van der Waals surface area contributed by atoms with Gasteiger partial charge >= 0.3 is 0 Å². The molecule has 0 radical (unpaired) electrons. The van der Waals surface area contributed by atoms with Crippen LogP contribution in [-0.2, 0) is 15.0 Å². The summed E-state index contributed by atoms with van der Waals surface area (Å²) in [6.07, 6.45) is 1.40. The molecule has 8 heteroatoms. The predicted octanol–water partition coefficient (Wildman–Crippen LogP) is 4.40. The van der Waals surface area contributed by atoms with Gasteiger partial charge in [0, 0.05) is 34.0 Å². The third-order valence-electron chi connectivity index (χ3n) is 6.08. The minimum absolute atomic E-state index is 0.00923. The Labute approximate surface area is 188 Å². The number of ketones is 1. The fourth-order valence-electron chi connectivity index (χ4n) is 4.88. The number of nitrogens with two attached hydrogens (primary N) is 1. The van der Waals surface area contributed by atoms with Crippen LogP contribution in [0.4, 0.5) is 11.4 Å². The largest absolute Gasteiger partial charge is 0.384 e. The number of Topliss-reactive ketones (excluding diaryl/α,β-unsaturated/α-hetero) is 1. The van der Waals surface area contributed by atoms with Crippen LogP contribution in [0, 0.1) is 11.3 Å². The van der Waals surface area contributed by atoms with E-state index in [0.29, 0.717) is 45.5 Å². The van der Waals surface area contributed by atoms with Crippen LogP contribution in [0.3, 0.4) is 0 Å². The summed E-state index contributed by atoms with van der Waals surface area (Å²) in [7, 11) is 0. The molecule has 0 fully saturated rings. The zero-order valence-corrected chi connectivity index (χ0v) is 17.7. The molecule has 2 aromatic carbocycles. The highest BCUT2D eigenvalue weighted by Gasteiger charge is 2.60. The maximum atomic E-state index is 13.5. The van der Waals surface area contributed by atoms with Crippen LogP contribution in [0.25, 0.3) is 0 Å². The maximum Gasteiger partial charge on any atom is 0.245 e. The first-order valence-corrected chi connectivity index (χ1v) is 10.5. The smallest absolute Gasteiger partial charge is 0.245 e. The molecule has 0 bridgehead atoms. The number of nitrogens with zero attached hydrogens (tertiary/aromatic N) is 2. The molecule has 2 aliphatic heterocycles. The first-order valence-electron chi connectivity index (χ1n) is 9.74. The minimum atomic E-state index is -1.57. The number of amides is 1. The molecule has 0 saturated heterocycles. The maximum absolute atomic E-state index is 13.5. The third kappa shape index (κ3) is 2.51. The number of carbonyl (C=O) groups is 2. The fourth-order valence-corrected chi connectivity index (χ4v) is 5.38. The normalized spacial score (nSPS) is 22.4. The lowest BCUT2D eigenvalue weighted by Crippen LogP contribution is -2.50. The van der Waals surface area contributed by atoms with Crippen LogP contribution in [0.2, 0.25) is 10.0 Å². The first kappa shape index (κ1) is 19.7. The van der Waals surface area contributed by atoms with E-state index in [4.69, 9.17) is 28.9 Å². The SMILES string of the molecule is N#CC1=C(N)N(c2ccc(Cl)cc2Cl)C2=C(C(=O)CCC2)[C@]12C(=O)Nc1ccccc12. The van der Waals surface area contributed by atoms with Crippen molar-refractivity contribution in [3.63, 3.8) is 0 Å². The first-order chi connectivity index (χ1) is 14.9. The summed E-state index contributed by atoms with van der Waals surface area (Å²) in [6, 6.07) is 14.1. The lowest BCUT2D eigenvalue weighted by Gasteiger charge is -2.43. The quantitative estimate of drug-likeness (QED) is 0.670. The second kappa shape index (κ2) is 6.88. The van der Waals surface area contributed by atoms with Crippen LogP contribution in [0.1, 0.15) is 24.8 Å². The van der Waals surface area contributed by atoms with Gasteiger partial charge in [-0.15, -0.1) is 0 Å². The lowest BCUT2D eigenvalue weighted by atomic mass is 9.64. The van der Waals surface area contributed by atoms with Crippen LogP contribution in [0.15, 0.2) is 65.1 Å². The van der Waals surface area contributed by atoms with E-state index < -0.39 is 11.3 Å². The van der Waals surface area contributed by atoms with Crippen molar-refractivity contribution in [3.8, 4) is 6.07 Å². The van der Waals surface area contributed by atoms with Gasteiger partial charge in [-0.2, -0.15) is 5.26 Å². The van der Waals surface area contributed by atoms with E-state index in [-0.39, 0.29) is 29.2 Å². The van der Waals surface area contributed by atoms with Crippen molar-refractivity contribution in [1.29, 1.82) is 5.26 Å². The molecule has 2 heterocycles. The number of allylic oxidation sites excluding steroid dienone is 1. The second-order valence-electron chi connectivity index (χ2n) is 7.65. The summed E-state index contributed by atoms with van der Waals surface area (Å²) in [5.74, 6) is -0.548. The van der Waals surface area contributed by atoms with E-state index in [1.165, 1.54) is 0 Å². The number of anilines is 2. The summed E-state index contributed by atoms with van der Waals surface area (Å²) < 4.78 is 0. The number of nitriles is 1. The molecular weight excluding hydrogens is 435 g/mol. The summed E-state index contributed by atoms with van der Waals surface area (Å²) >= 11 is 12.5. The van der Waals surface area contributed by atoms with Gasteiger partial charge in [-0.1, -0.05) is 41.4 Å². The zero-order valence-electron chi connectivity index (χ0n) is 16.2. The number of halogens is 2. The van der Waals surface area contributed by atoms with Gasteiger partial charge < -0.3 is 11.1 Å². The van der Waals surface area contributed by atoms with Crippen molar-refractivity contribution < 1.29 is 9.59 Å². The molecule has 0 saturated carbocycles. The van der Waals surface area contributed by atoms with Gasteiger partial charge in [0.2, 0.25) is 5.91 Å². The molecule has 2 aromatic rings. The Balaban J connectivity index is 1.89. The molecule has 1 spiro atoms. The molecule has 3 N–H and O–H groups in total. The number of hydrogen-bond donors (Lipinski definition) is 2. The van der Waals surface area contributed by atoms with Crippen LogP contribution >= 0.6 is 23.2 Å². The molecule has 1 amide bonds. The highest BCUT2D eigenvalue weighted by molar-refractivity contribution is 6.36. The highest BCUT2D eigenvalue weighted by Crippen LogP contribution is 2.55. The Kier molecular flexibility index (Phi) is 4.37. The van der Waals surface area contributed by atoms with Crippen molar-refractivity contribution in [2.75, 3.05) is 10.2 Å². The van der Waals surface area contributed by atoms with E-state index in [9.17, 15) is 14.9 Å². The number of rotatable bonds is 1. The Morgan fingerprint density at radius 3 is 2.65 bits per heavy atom. The molecular formula is C23H16Cl2N4O2. The number of para-hydroxylation sites is 1. The van der Waals surface area contributed by atoms with Crippen molar-refractivity contribution in [2.45, 2.75) is 24.7 Å². The van der Waals surface area contributed by atoms with Crippen LogP contribution in [0.5, 0.6) is 0 Å². The van der Waals surface area contributed by atoms with E-state index in [1.54, 1.807) is 47.4 Å². The molecule has 31 heavy (non-hydrogen) atoms. The monoisotopic (exact) mass is 450 g/mol. The fraction of sp³-hybridized carbons (Fsp3) is 0.174. The number of hydrogen-bond acceptors (Lipinski definition) is 5. The molecule has 6 nitrogen and oxygen atoms in total. The average molecular weight is 451 g/mol. The lowest BCUT2D eigenvalue weighted by molar-refractivity contribution is -0.122. The molecule has 154 valence electrons. The highest BCUT2D eigenvalue weighted by atomic mass is 35.5. The van der Waals surface area contributed by atoms with Gasteiger partial charge in [0.25, 0.3) is 0 Å². The molecule has 1 atom stereocenters. The van der Waals surface area contributed by atoms with Crippen molar-refractivity contribution in [2.24, 2.45) is 5.73 Å². The molecule has 3 aliphatic rings. The third-order valence-corrected chi connectivity index (χ3v) is 6.62. The molecule has 0 aromatic heterocycles. The van der Waals surface area contributed by atoms with Gasteiger partial charge in [-0.25, -0.2) is 0 Å². The Hall–Kier alpha value is -3.27. The van der Waals surface area contributed by atoms with Crippen molar-refractivity contribution in [3.05, 3.63) is 80.7 Å². The minimum Gasteiger partial charge on any atom is -0.384 e. The van der Waals surface area contributed by atoms with Gasteiger partial charge in [-0.05, 0) is 37.1 Å². The molecule has 5 rings (SSSR count). The van der Waals surface area contributed by atoms with Gasteiger partial charge in [0.15, 0.2) is 5.78 Å². The van der Waals surface area contributed by atoms with E-state index in [2.05, 4.69) is 11.4 Å². The number of fused-ring (bicyclic) bond motifs is 3. The topological polar surface area (TPSA) is 99.2 Å². The van der Waals surface area contributed by atoms with E-state index >= 15 is 0 Å². The number of carbonyl (C=O) groups excluding carboxylic acids is 2. The number of nitrogens with one attached hydrogen (secondary N) is 1. The second-order valence-corrected chi connectivity index (χ2v) is 8.49. The summed E-state index contributed by atoms with van der Waals surface area (Å²) in [5.41, 5.74) is 7.50. The van der Waals surface area contributed by atoms with Gasteiger partial charge in [0.1, 0.15) is 17.3 Å². The summed E-state index contributed by atoms with van der Waals surface area (Å²) in [6.45, 7) is 0. The van der Waals surface area contributed by atoms with E-state index in [0.717, 1.165) is 0 Å². The summed E-state index contributed by atoms with van der Waals surface area (Å²) in [4.78, 5) is 28.4. The van der Waals surface area contributed by atoms with Crippen LogP contribution < -0.4 is 16.0 Å². The Bertz CT molecular complexity index is 1290. The molecule has 1 aliphatic carbocycles. The van der Waals surface area contributed by atoms with Crippen molar-refractivity contribution >= 4 is 46.3 Å².